The lowest BCUT2D eigenvalue weighted by molar-refractivity contribution is 0.0983. The summed E-state index contributed by atoms with van der Waals surface area (Å²) in [5.41, 5.74) is 2.20. The number of nitrogens with zero attached hydrogens (tertiary/aromatic N) is 4. The summed E-state index contributed by atoms with van der Waals surface area (Å²) in [4.78, 5) is 23.9. The van der Waals surface area contributed by atoms with E-state index >= 15 is 0 Å². The number of anilines is 1. The molecule has 0 saturated heterocycles. The molecule has 0 saturated carbocycles. The van der Waals surface area contributed by atoms with Gasteiger partial charge in [0.25, 0.3) is 5.91 Å². The fraction of sp³-hybridized carbons (Fsp3) is 0.333. The molecule has 40 heavy (non-hydrogen) atoms. The number of thiazole rings is 1. The van der Waals surface area contributed by atoms with Gasteiger partial charge in [0.05, 0.1) is 15.1 Å². The van der Waals surface area contributed by atoms with Gasteiger partial charge >= 0.3 is 0 Å². The Balaban J connectivity index is 1.61. The molecule has 212 valence electrons. The molecule has 0 radical (unpaired) electrons. The Hall–Kier alpha value is -2.76. The van der Waals surface area contributed by atoms with Crippen LogP contribution in [0.1, 0.15) is 36.7 Å². The van der Waals surface area contributed by atoms with E-state index in [1.165, 1.54) is 27.8 Å². The summed E-state index contributed by atoms with van der Waals surface area (Å²) in [6.07, 6.45) is 2.04. The molecule has 1 heterocycles. The Labute approximate surface area is 245 Å². The van der Waals surface area contributed by atoms with Crippen molar-refractivity contribution in [1.82, 2.24) is 14.2 Å². The van der Waals surface area contributed by atoms with Crippen molar-refractivity contribution in [3.63, 3.8) is 0 Å². The highest BCUT2D eigenvalue weighted by atomic mass is 32.2. The van der Waals surface area contributed by atoms with Crippen molar-refractivity contribution in [2.24, 2.45) is 0 Å². The number of aromatic nitrogens is 1. The molecule has 10 heteroatoms. The van der Waals surface area contributed by atoms with E-state index in [9.17, 15) is 13.2 Å². The average molecular weight is 597 g/mol. The molecule has 0 bridgehead atoms. The molecule has 0 aliphatic carbocycles. The summed E-state index contributed by atoms with van der Waals surface area (Å²) in [7, 11) is -3.73. The third-order valence-electron chi connectivity index (χ3n) is 6.89. The van der Waals surface area contributed by atoms with Gasteiger partial charge in [-0.15, -0.1) is 11.8 Å². The first-order valence-electron chi connectivity index (χ1n) is 13.4. The van der Waals surface area contributed by atoms with Crippen LogP contribution in [0.3, 0.4) is 0 Å². The van der Waals surface area contributed by atoms with E-state index in [0.29, 0.717) is 30.3 Å². The number of hydrogen-bond acceptors (Lipinski definition) is 7. The minimum Gasteiger partial charge on any atom is -0.302 e. The summed E-state index contributed by atoms with van der Waals surface area (Å²) in [5, 5.41) is 0.641. The second kappa shape index (κ2) is 13.7. The van der Waals surface area contributed by atoms with E-state index in [1.807, 2.05) is 55.6 Å². The van der Waals surface area contributed by atoms with Gasteiger partial charge in [-0.05, 0) is 67.4 Å². The Morgan fingerprint density at radius 3 is 2.23 bits per heavy atom. The minimum absolute atomic E-state index is 0.168. The van der Waals surface area contributed by atoms with Crippen LogP contribution in [0.25, 0.3) is 10.2 Å². The third kappa shape index (κ3) is 6.92. The quantitative estimate of drug-likeness (QED) is 0.171. The zero-order chi connectivity index (χ0) is 28.7. The summed E-state index contributed by atoms with van der Waals surface area (Å²) in [6, 6.07) is 21.9. The van der Waals surface area contributed by atoms with Crippen LogP contribution in [0, 0.1) is 0 Å². The molecule has 0 unspecified atom stereocenters. The van der Waals surface area contributed by atoms with Gasteiger partial charge in [0.15, 0.2) is 5.13 Å². The number of hydrogen-bond donors (Lipinski definition) is 0. The predicted octanol–water partition coefficient (Wildman–Crippen LogP) is 6.22. The molecule has 0 aliphatic rings. The molecule has 7 nitrogen and oxygen atoms in total. The maximum absolute atomic E-state index is 13.8. The molecule has 0 atom stereocenters. The number of thioether (sulfide) groups is 1. The summed E-state index contributed by atoms with van der Waals surface area (Å²) in [6.45, 7) is 9.63. The highest BCUT2D eigenvalue weighted by molar-refractivity contribution is 7.98. The first-order chi connectivity index (χ1) is 19.3. The van der Waals surface area contributed by atoms with Crippen LogP contribution in [0.2, 0.25) is 0 Å². The van der Waals surface area contributed by atoms with Crippen LogP contribution >= 0.6 is 23.1 Å². The number of benzene rings is 3. The van der Waals surface area contributed by atoms with E-state index in [1.54, 1.807) is 28.8 Å². The summed E-state index contributed by atoms with van der Waals surface area (Å²) < 4.78 is 29.3. The monoisotopic (exact) mass is 596 g/mol. The molecule has 0 N–H and O–H groups in total. The fourth-order valence-electron chi connectivity index (χ4n) is 4.43. The van der Waals surface area contributed by atoms with E-state index in [4.69, 9.17) is 4.98 Å². The van der Waals surface area contributed by atoms with Gasteiger partial charge in [-0.1, -0.05) is 62.4 Å². The molecule has 0 spiro atoms. The van der Waals surface area contributed by atoms with Crippen molar-refractivity contribution >= 4 is 54.4 Å². The minimum atomic E-state index is -3.73. The molecule has 0 aliphatic heterocycles. The highest BCUT2D eigenvalue weighted by Crippen LogP contribution is 2.32. The average Bonchev–Trinajstić information content (AvgIpc) is 3.41. The maximum Gasteiger partial charge on any atom is 0.260 e. The van der Waals surface area contributed by atoms with Crippen LogP contribution in [0.15, 0.2) is 82.6 Å². The van der Waals surface area contributed by atoms with Gasteiger partial charge in [-0.3, -0.25) is 9.69 Å². The van der Waals surface area contributed by atoms with Crippen LogP contribution in [-0.4, -0.2) is 67.5 Å². The van der Waals surface area contributed by atoms with Crippen molar-refractivity contribution in [3.8, 4) is 0 Å². The first-order valence-corrected chi connectivity index (χ1v) is 16.9. The number of carbonyl (C=O) groups excluding carboxylic acids is 1. The van der Waals surface area contributed by atoms with E-state index in [0.717, 1.165) is 33.8 Å². The standard InChI is InChI=1S/C30H36N4O3S3/c1-5-32(6-2)19-20-34(30-31-27-18-15-25(38-4)21-28(27)39-30)29(35)24-13-16-26(17-14-24)40(36,37)33(7-3)22-23-11-9-8-10-12-23/h8-18,21H,5-7,19-20,22H2,1-4H3. The second-order valence-corrected chi connectivity index (χ2v) is 13.1. The summed E-state index contributed by atoms with van der Waals surface area (Å²) >= 11 is 3.17. The van der Waals surface area contributed by atoms with Crippen LogP contribution in [0.4, 0.5) is 5.13 Å². The van der Waals surface area contributed by atoms with Crippen LogP contribution in [-0.2, 0) is 16.6 Å². The number of carbonyl (C=O) groups is 1. The van der Waals surface area contributed by atoms with Crippen LogP contribution < -0.4 is 4.90 Å². The van der Waals surface area contributed by atoms with E-state index in [-0.39, 0.29) is 17.3 Å². The molecule has 0 fully saturated rings. The number of rotatable bonds is 13. The lowest BCUT2D eigenvalue weighted by Crippen LogP contribution is -2.39. The third-order valence-corrected chi connectivity index (χ3v) is 10.6. The Morgan fingerprint density at radius 2 is 1.60 bits per heavy atom. The van der Waals surface area contributed by atoms with Crippen molar-refractivity contribution in [2.75, 3.05) is 43.9 Å². The van der Waals surface area contributed by atoms with Crippen LogP contribution in [0.5, 0.6) is 0 Å². The Morgan fingerprint density at radius 1 is 0.900 bits per heavy atom. The zero-order valence-corrected chi connectivity index (χ0v) is 25.9. The van der Waals surface area contributed by atoms with Crippen molar-refractivity contribution in [3.05, 3.63) is 83.9 Å². The largest absolute Gasteiger partial charge is 0.302 e. The molecular weight excluding hydrogens is 561 g/mol. The van der Waals surface area contributed by atoms with Gasteiger partial charge in [-0.2, -0.15) is 4.31 Å². The SMILES string of the molecule is CCN(CC)CCN(C(=O)c1ccc(S(=O)(=O)N(CC)Cc2ccccc2)cc1)c1nc2ccc(SC)cc2s1. The number of fused-ring (bicyclic) bond motifs is 1. The van der Waals surface area contributed by atoms with E-state index < -0.39 is 10.0 Å². The predicted molar refractivity (Wildman–Crippen MR) is 167 cm³/mol. The summed E-state index contributed by atoms with van der Waals surface area (Å²) in [5.74, 6) is -0.197. The smallest absolute Gasteiger partial charge is 0.260 e. The van der Waals surface area contributed by atoms with Gasteiger partial charge in [0, 0.05) is 36.6 Å². The first kappa shape index (κ1) is 30.2. The van der Waals surface area contributed by atoms with Gasteiger partial charge < -0.3 is 4.90 Å². The van der Waals surface area contributed by atoms with Gasteiger partial charge in [0.2, 0.25) is 10.0 Å². The lowest BCUT2D eigenvalue weighted by atomic mass is 10.2. The Bertz CT molecular complexity index is 1520. The maximum atomic E-state index is 13.8. The highest BCUT2D eigenvalue weighted by Gasteiger charge is 2.26. The number of likely N-dealkylation sites (N-methyl/N-ethyl adjacent to an activating group) is 1. The molecule has 4 aromatic rings. The zero-order valence-electron chi connectivity index (χ0n) is 23.4. The molecule has 3 aromatic carbocycles. The number of sulfonamides is 1. The van der Waals surface area contributed by atoms with Gasteiger partial charge in [0.1, 0.15) is 0 Å². The molecule has 4 rings (SSSR count). The molecule has 1 amide bonds. The van der Waals surface area contributed by atoms with E-state index in [2.05, 4.69) is 24.8 Å². The molecule has 1 aromatic heterocycles. The van der Waals surface area contributed by atoms with Crippen molar-refractivity contribution in [1.29, 1.82) is 0 Å². The lowest BCUT2D eigenvalue weighted by Gasteiger charge is -2.25. The Kier molecular flexibility index (Phi) is 10.4. The van der Waals surface area contributed by atoms with Crippen molar-refractivity contribution < 1.29 is 13.2 Å². The molecular formula is C30H36N4O3S3. The van der Waals surface area contributed by atoms with Crippen molar-refractivity contribution in [2.45, 2.75) is 37.1 Å². The normalized spacial score (nSPS) is 11.9. The number of amides is 1. The fourth-order valence-corrected chi connectivity index (χ4v) is 7.41. The topological polar surface area (TPSA) is 73.8 Å². The second-order valence-electron chi connectivity index (χ2n) is 9.25. The van der Waals surface area contributed by atoms with Gasteiger partial charge in [-0.25, -0.2) is 13.4 Å².